The van der Waals surface area contributed by atoms with E-state index in [1.54, 1.807) is 12.1 Å². The third-order valence-corrected chi connectivity index (χ3v) is 4.45. The number of ketones is 1. The number of hydrogen-bond donors (Lipinski definition) is 0. The van der Waals surface area contributed by atoms with Crippen LogP contribution in [0.1, 0.15) is 36.2 Å². The molecule has 1 rings (SSSR count). The Morgan fingerprint density at radius 2 is 1.88 bits per heavy atom. The van der Waals surface area contributed by atoms with Crippen molar-refractivity contribution in [3.63, 3.8) is 0 Å². The molecule has 0 aliphatic heterocycles. The molecule has 2 nitrogen and oxygen atoms in total. The summed E-state index contributed by atoms with van der Waals surface area (Å²) in [6.45, 7) is 5.88. The summed E-state index contributed by atoms with van der Waals surface area (Å²) in [5.74, 6) is 0.108. The van der Waals surface area contributed by atoms with Crippen LogP contribution in [0.2, 0.25) is 0 Å². The van der Waals surface area contributed by atoms with Crippen LogP contribution in [0.4, 0.5) is 0 Å². The van der Waals surface area contributed by atoms with Gasteiger partial charge >= 0.3 is 0 Å². The van der Waals surface area contributed by atoms with E-state index in [1.807, 2.05) is 32.9 Å². The maximum absolute atomic E-state index is 11.8. The van der Waals surface area contributed by atoms with E-state index >= 15 is 0 Å². The van der Waals surface area contributed by atoms with E-state index in [0.29, 0.717) is 5.56 Å². The lowest BCUT2D eigenvalue weighted by Crippen LogP contribution is -2.19. The Morgan fingerprint density at radius 3 is 2.38 bits per heavy atom. The fraction of sp³-hybridized carbons (Fsp3) is 0.462. The first kappa shape index (κ1) is 13.1. The highest BCUT2D eigenvalue weighted by molar-refractivity contribution is 7.86. The molecule has 0 saturated carbocycles. The summed E-state index contributed by atoms with van der Waals surface area (Å²) in [6, 6.07) is 7.40. The Kier molecular flexibility index (Phi) is 4.87. The van der Waals surface area contributed by atoms with Crippen molar-refractivity contribution in [1.82, 2.24) is 0 Å². The molecule has 0 aliphatic rings. The van der Waals surface area contributed by atoms with Crippen molar-refractivity contribution in [2.24, 2.45) is 0 Å². The molecule has 0 bridgehead atoms. The normalized spacial score (nSPS) is 14.4. The lowest BCUT2D eigenvalue weighted by Gasteiger charge is -2.07. The summed E-state index contributed by atoms with van der Waals surface area (Å²) in [7, 11) is -1.05. The van der Waals surface area contributed by atoms with Crippen molar-refractivity contribution in [1.29, 1.82) is 0 Å². The second kappa shape index (κ2) is 5.94. The summed E-state index contributed by atoms with van der Waals surface area (Å²) < 4.78 is 11.7. The average Bonchev–Trinajstić information content (AvgIpc) is 2.28. The maximum atomic E-state index is 11.8. The number of Topliss-reactive ketones (excluding diaryl/α,β-unsaturated/α-hetero) is 1. The molecule has 88 valence electrons. The number of carbonyl (C=O) groups excluding carboxylic acids is 1. The van der Waals surface area contributed by atoms with E-state index in [4.69, 9.17) is 0 Å². The van der Waals surface area contributed by atoms with Crippen LogP contribution in [-0.2, 0) is 10.8 Å². The number of aryl methyl sites for hydroxylation is 1. The van der Waals surface area contributed by atoms with Gasteiger partial charge in [-0.05, 0) is 13.3 Å². The molecule has 1 aromatic rings. The van der Waals surface area contributed by atoms with Gasteiger partial charge in [0.1, 0.15) is 0 Å². The van der Waals surface area contributed by atoms with E-state index in [1.165, 1.54) is 0 Å². The highest BCUT2D eigenvalue weighted by Crippen LogP contribution is 2.07. The summed E-state index contributed by atoms with van der Waals surface area (Å²) in [5.41, 5.74) is 1.78. The first-order valence-electron chi connectivity index (χ1n) is 5.51. The fourth-order valence-electron chi connectivity index (χ4n) is 1.28. The van der Waals surface area contributed by atoms with E-state index in [9.17, 15) is 9.00 Å². The lowest BCUT2D eigenvalue weighted by atomic mass is 10.1. The van der Waals surface area contributed by atoms with Crippen LogP contribution in [0.25, 0.3) is 0 Å². The van der Waals surface area contributed by atoms with Crippen molar-refractivity contribution < 1.29 is 9.00 Å². The third kappa shape index (κ3) is 3.56. The number of benzene rings is 1. The Bertz CT molecular complexity index is 381. The zero-order valence-electron chi connectivity index (χ0n) is 10.0. The summed E-state index contributed by atoms with van der Waals surface area (Å²) in [6.07, 6.45) is 0.841. The quantitative estimate of drug-likeness (QED) is 0.739. The molecule has 0 heterocycles. The topological polar surface area (TPSA) is 34.1 Å². The monoisotopic (exact) mass is 238 g/mol. The SMILES string of the molecule is CCC(C)S(=O)CC(=O)c1ccc(C)cc1. The van der Waals surface area contributed by atoms with E-state index in [0.717, 1.165) is 12.0 Å². The Hall–Kier alpha value is -0.960. The summed E-state index contributed by atoms with van der Waals surface area (Å²) in [4.78, 5) is 11.8. The Labute approximate surface area is 99.5 Å². The molecule has 0 N–H and O–H groups in total. The molecule has 16 heavy (non-hydrogen) atoms. The predicted octanol–water partition coefficient (Wildman–Crippen LogP) is 2.72. The number of carbonyl (C=O) groups is 1. The largest absolute Gasteiger partial charge is 0.293 e. The molecule has 0 radical (unpaired) electrons. The van der Waals surface area contributed by atoms with Crippen molar-refractivity contribution in [2.75, 3.05) is 5.75 Å². The van der Waals surface area contributed by atoms with Gasteiger partial charge in [-0.2, -0.15) is 0 Å². The molecular formula is C13H18O2S. The fourth-order valence-corrected chi connectivity index (χ4v) is 2.36. The molecule has 2 atom stereocenters. The number of rotatable bonds is 5. The van der Waals surface area contributed by atoms with Crippen LogP contribution in [0.3, 0.4) is 0 Å². The number of hydrogen-bond acceptors (Lipinski definition) is 2. The standard InChI is InChI=1S/C13H18O2S/c1-4-11(3)16(15)9-13(14)12-7-5-10(2)6-8-12/h5-8,11H,4,9H2,1-3H3. The van der Waals surface area contributed by atoms with Gasteiger partial charge in [0.2, 0.25) is 0 Å². The molecule has 0 amide bonds. The van der Waals surface area contributed by atoms with Gasteiger partial charge in [0, 0.05) is 21.6 Å². The van der Waals surface area contributed by atoms with Gasteiger partial charge in [0.05, 0.1) is 5.75 Å². The van der Waals surface area contributed by atoms with Gasteiger partial charge < -0.3 is 0 Å². The van der Waals surface area contributed by atoms with E-state index < -0.39 is 10.8 Å². The molecule has 0 aromatic heterocycles. The van der Waals surface area contributed by atoms with Gasteiger partial charge in [-0.1, -0.05) is 43.7 Å². The van der Waals surface area contributed by atoms with Gasteiger partial charge in [0.25, 0.3) is 0 Å². The minimum Gasteiger partial charge on any atom is -0.293 e. The van der Waals surface area contributed by atoms with Gasteiger partial charge in [0.15, 0.2) is 5.78 Å². The van der Waals surface area contributed by atoms with Gasteiger partial charge in [-0.25, -0.2) is 0 Å². The predicted molar refractivity (Wildman–Crippen MR) is 68.3 cm³/mol. The van der Waals surface area contributed by atoms with Crippen molar-refractivity contribution >= 4 is 16.6 Å². The molecule has 0 aliphatic carbocycles. The molecule has 0 spiro atoms. The van der Waals surface area contributed by atoms with Gasteiger partial charge in [-0.3, -0.25) is 9.00 Å². The van der Waals surface area contributed by atoms with Crippen LogP contribution < -0.4 is 0 Å². The molecule has 0 fully saturated rings. The first-order valence-corrected chi connectivity index (χ1v) is 6.89. The third-order valence-electron chi connectivity index (χ3n) is 2.67. The molecule has 2 unspecified atom stereocenters. The maximum Gasteiger partial charge on any atom is 0.175 e. The first-order chi connectivity index (χ1) is 7.54. The molecule has 1 aromatic carbocycles. The minimum atomic E-state index is -1.05. The average molecular weight is 238 g/mol. The minimum absolute atomic E-state index is 0.0290. The smallest absolute Gasteiger partial charge is 0.175 e. The molecular weight excluding hydrogens is 220 g/mol. The van der Waals surface area contributed by atoms with Crippen LogP contribution >= 0.6 is 0 Å². The lowest BCUT2D eigenvalue weighted by molar-refractivity contribution is 0.102. The zero-order chi connectivity index (χ0) is 12.1. The summed E-state index contributed by atoms with van der Waals surface area (Å²) in [5, 5.41) is 0.0920. The van der Waals surface area contributed by atoms with Crippen molar-refractivity contribution in [3.05, 3.63) is 35.4 Å². The van der Waals surface area contributed by atoms with Crippen LogP contribution in [-0.4, -0.2) is 21.0 Å². The summed E-state index contributed by atoms with van der Waals surface area (Å²) >= 11 is 0. The second-order valence-corrected chi connectivity index (χ2v) is 5.89. The Balaban J connectivity index is 2.66. The molecule has 3 heteroatoms. The van der Waals surface area contributed by atoms with Crippen molar-refractivity contribution in [2.45, 2.75) is 32.4 Å². The van der Waals surface area contributed by atoms with Crippen LogP contribution in [0.5, 0.6) is 0 Å². The second-order valence-electron chi connectivity index (χ2n) is 4.03. The van der Waals surface area contributed by atoms with Gasteiger partial charge in [-0.15, -0.1) is 0 Å². The van der Waals surface area contributed by atoms with E-state index in [-0.39, 0.29) is 16.8 Å². The highest BCUT2D eigenvalue weighted by atomic mass is 32.2. The molecule has 0 saturated heterocycles. The van der Waals surface area contributed by atoms with E-state index in [2.05, 4.69) is 0 Å². The van der Waals surface area contributed by atoms with Crippen molar-refractivity contribution in [3.8, 4) is 0 Å². The zero-order valence-corrected chi connectivity index (χ0v) is 10.8. The van der Waals surface area contributed by atoms with Crippen LogP contribution in [0.15, 0.2) is 24.3 Å². The highest BCUT2D eigenvalue weighted by Gasteiger charge is 2.14. The van der Waals surface area contributed by atoms with Crippen LogP contribution in [0, 0.1) is 6.92 Å². The Morgan fingerprint density at radius 1 is 1.31 bits per heavy atom.